The van der Waals surface area contributed by atoms with Crippen molar-refractivity contribution >= 4 is 21.6 Å². The standard InChI is InChI=1S/C17H18F3N3O3S/c1-11-7-15(23(22-11)14-5-6-27(25,26)10-14)21-16(24)9-12-3-2-4-13(8-12)17(18,19)20/h2-4,7-8,14H,5-6,9-10H2,1H3,(H,21,24). The molecule has 1 amide bonds. The Morgan fingerprint density at radius 1 is 1.33 bits per heavy atom. The third-order valence-corrected chi connectivity index (χ3v) is 6.05. The highest BCUT2D eigenvalue weighted by Gasteiger charge is 2.32. The number of hydrogen-bond donors (Lipinski definition) is 1. The Bertz CT molecular complexity index is 967. The second-order valence-electron chi connectivity index (χ2n) is 6.60. The molecule has 0 saturated carbocycles. The van der Waals surface area contributed by atoms with Crippen LogP contribution >= 0.6 is 0 Å². The third-order valence-electron chi connectivity index (χ3n) is 4.30. The molecule has 27 heavy (non-hydrogen) atoms. The van der Waals surface area contributed by atoms with Crippen molar-refractivity contribution < 1.29 is 26.4 Å². The molecule has 0 spiro atoms. The molecule has 6 nitrogen and oxygen atoms in total. The number of amides is 1. The van der Waals surface area contributed by atoms with Crippen molar-refractivity contribution in [2.45, 2.75) is 32.0 Å². The lowest BCUT2D eigenvalue weighted by atomic mass is 10.1. The van der Waals surface area contributed by atoms with Gasteiger partial charge >= 0.3 is 6.18 Å². The number of aromatic nitrogens is 2. The van der Waals surface area contributed by atoms with E-state index in [2.05, 4.69) is 10.4 Å². The summed E-state index contributed by atoms with van der Waals surface area (Å²) in [6.45, 7) is 1.71. The summed E-state index contributed by atoms with van der Waals surface area (Å²) < 4.78 is 63.2. The van der Waals surface area contributed by atoms with E-state index in [9.17, 15) is 26.4 Å². The van der Waals surface area contributed by atoms with Gasteiger partial charge in [-0.05, 0) is 25.0 Å². The Hall–Kier alpha value is -2.36. The number of sulfone groups is 1. The van der Waals surface area contributed by atoms with Gasteiger partial charge in [-0.2, -0.15) is 18.3 Å². The van der Waals surface area contributed by atoms with Crippen LogP contribution in [0.15, 0.2) is 30.3 Å². The lowest BCUT2D eigenvalue weighted by Gasteiger charge is -2.14. The van der Waals surface area contributed by atoms with Crippen molar-refractivity contribution in [3.63, 3.8) is 0 Å². The van der Waals surface area contributed by atoms with Gasteiger partial charge in [0.15, 0.2) is 9.84 Å². The smallest absolute Gasteiger partial charge is 0.311 e. The second kappa shape index (κ2) is 6.99. The number of benzene rings is 1. The van der Waals surface area contributed by atoms with Crippen LogP contribution < -0.4 is 5.32 Å². The van der Waals surface area contributed by atoms with Crippen molar-refractivity contribution in [1.29, 1.82) is 0 Å². The van der Waals surface area contributed by atoms with Crippen LogP contribution in [0.25, 0.3) is 0 Å². The summed E-state index contributed by atoms with van der Waals surface area (Å²) in [5.74, 6) is -0.151. The minimum atomic E-state index is -4.48. The maximum absolute atomic E-state index is 12.8. The van der Waals surface area contributed by atoms with E-state index >= 15 is 0 Å². The van der Waals surface area contributed by atoms with Gasteiger partial charge in [-0.1, -0.05) is 18.2 Å². The molecule has 1 unspecified atom stereocenters. The third kappa shape index (κ3) is 4.68. The molecule has 10 heteroatoms. The predicted molar refractivity (Wildman–Crippen MR) is 93.0 cm³/mol. The highest BCUT2D eigenvalue weighted by atomic mass is 32.2. The fraction of sp³-hybridized carbons (Fsp3) is 0.412. The number of hydrogen-bond acceptors (Lipinski definition) is 4. The molecule has 1 aromatic carbocycles. The highest BCUT2D eigenvalue weighted by Crippen LogP contribution is 2.30. The number of carbonyl (C=O) groups excluding carboxylic acids is 1. The van der Waals surface area contributed by atoms with E-state index in [-0.39, 0.29) is 29.5 Å². The summed E-state index contributed by atoms with van der Waals surface area (Å²) in [5.41, 5.74) is 0.0204. The number of aryl methyl sites for hydroxylation is 1. The van der Waals surface area contributed by atoms with Crippen molar-refractivity contribution in [1.82, 2.24) is 9.78 Å². The highest BCUT2D eigenvalue weighted by molar-refractivity contribution is 7.91. The Labute approximate surface area is 154 Å². The van der Waals surface area contributed by atoms with E-state index in [0.717, 1.165) is 12.1 Å². The average molecular weight is 401 g/mol. The second-order valence-corrected chi connectivity index (χ2v) is 8.82. The minimum Gasteiger partial charge on any atom is -0.311 e. The molecule has 146 valence electrons. The van der Waals surface area contributed by atoms with Gasteiger partial charge in [-0.3, -0.25) is 4.79 Å². The van der Waals surface area contributed by atoms with Crippen molar-refractivity contribution in [3.05, 3.63) is 47.2 Å². The summed E-state index contributed by atoms with van der Waals surface area (Å²) in [7, 11) is -3.13. The van der Waals surface area contributed by atoms with Gasteiger partial charge in [0.05, 0.1) is 35.2 Å². The molecule has 1 aliphatic rings. The molecule has 1 saturated heterocycles. The number of anilines is 1. The number of nitrogens with one attached hydrogen (secondary N) is 1. The van der Waals surface area contributed by atoms with E-state index in [1.165, 1.54) is 16.8 Å². The normalized spacial score (nSPS) is 19.2. The first-order chi connectivity index (χ1) is 12.5. The SMILES string of the molecule is Cc1cc(NC(=O)Cc2cccc(C(F)(F)F)c2)n(C2CCS(=O)(=O)C2)n1. The van der Waals surface area contributed by atoms with Gasteiger partial charge in [0.25, 0.3) is 0 Å². The Kier molecular flexibility index (Phi) is 5.02. The van der Waals surface area contributed by atoms with E-state index in [4.69, 9.17) is 0 Å². The molecule has 1 atom stereocenters. The van der Waals surface area contributed by atoms with Crippen LogP contribution in [-0.4, -0.2) is 35.6 Å². The molecule has 2 aromatic rings. The molecular formula is C17H18F3N3O3S. The molecule has 1 fully saturated rings. The zero-order valence-electron chi connectivity index (χ0n) is 14.5. The van der Waals surface area contributed by atoms with Gasteiger partial charge in [-0.25, -0.2) is 13.1 Å². The Morgan fingerprint density at radius 3 is 2.70 bits per heavy atom. The van der Waals surface area contributed by atoms with Crippen LogP contribution in [0.1, 0.15) is 29.3 Å². The molecule has 0 aliphatic carbocycles. The molecular weight excluding hydrogens is 383 g/mol. The number of nitrogens with zero attached hydrogens (tertiary/aromatic N) is 2. The van der Waals surface area contributed by atoms with E-state index in [0.29, 0.717) is 17.9 Å². The average Bonchev–Trinajstić information content (AvgIpc) is 3.08. The maximum Gasteiger partial charge on any atom is 0.416 e. The van der Waals surface area contributed by atoms with Crippen molar-refractivity contribution in [2.24, 2.45) is 0 Å². The first kappa shape index (κ1) is 19.4. The fourth-order valence-corrected chi connectivity index (χ4v) is 4.78. The Balaban J connectivity index is 1.74. The van der Waals surface area contributed by atoms with Gasteiger partial charge in [0.1, 0.15) is 5.82 Å². The van der Waals surface area contributed by atoms with Gasteiger partial charge in [0, 0.05) is 6.07 Å². The number of alkyl halides is 3. The summed E-state index contributed by atoms with van der Waals surface area (Å²) in [5, 5.41) is 6.88. The molecule has 0 radical (unpaired) electrons. The molecule has 2 heterocycles. The van der Waals surface area contributed by atoms with Crippen LogP contribution in [0, 0.1) is 6.92 Å². The van der Waals surface area contributed by atoms with Crippen LogP contribution in [-0.2, 0) is 27.2 Å². The van der Waals surface area contributed by atoms with Crippen LogP contribution in [0.5, 0.6) is 0 Å². The van der Waals surface area contributed by atoms with Gasteiger partial charge in [0.2, 0.25) is 5.91 Å². The largest absolute Gasteiger partial charge is 0.416 e. The van der Waals surface area contributed by atoms with E-state index < -0.39 is 27.5 Å². The summed E-state index contributed by atoms with van der Waals surface area (Å²) in [4.78, 5) is 12.3. The minimum absolute atomic E-state index is 0.0510. The number of halogens is 3. The maximum atomic E-state index is 12.8. The van der Waals surface area contributed by atoms with Crippen molar-refractivity contribution in [2.75, 3.05) is 16.8 Å². The summed E-state index contributed by atoms with van der Waals surface area (Å²) >= 11 is 0. The van der Waals surface area contributed by atoms with Gasteiger partial charge < -0.3 is 5.32 Å². The summed E-state index contributed by atoms with van der Waals surface area (Å²) in [6, 6.07) is 5.82. The fourth-order valence-electron chi connectivity index (χ4n) is 3.09. The lowest BCUT2D eigenvalue weighted by Crippen LogP contribution is -2.21. The molecule has 1 N–H and O–H groups in total. The summed E-state index contributed by atoms with van der Waals surface area (Å²) in [6.07, 6.45) is -4.31. The van der Waals surface area contributed by atoms with E-state index in [1.807, 2.05) is 0 Å². The molecule has 0 bridgehead atoms. The zero-order chi connectivity index (χ0) is 19.8. The molecule has 3 rings (SSSR count). The Morgan fingerprint density at radius 2 is 2.07 bits per heavy atom. The van der Waals surface area contributed by atoms with Crippen LogP contribution in [0.3, 0.4) is 0 Å². The molecule has 1 aromatic heterocycles. The quantitative estimate of drug-likeness (QED) is 0.854. The molecule has 1 aliphatic heterocycles. The van der Waals surface area contributed by atoms with Crippen LogP contribution in [0.4, 0.5) is 19.0 Å². The van der Waals surface area contributed by atoms with Crippen molar-refractivity contribution in [3.8, 4) is 0 Å². The zero-order valence-corrected chi connectivity index (χ0v) is 15.3. The number of rotatable bonds is 4. The first-order valence-corrected chi connectivity index (χ1v) is 10.1. The predicted octanol–water partition coefficient (Wildman–Crippen LogP) is 2.75. The monoisotopic (exact) mass is 401 g/mol. The topological polar surface area (TPSA) is 81.1 Å². The van der Waals surface area contributed by atoms with Crippen LogP contribution in [0.2, 0.25) is 0 Å². The number of carbonyl (C=O) groups is 1. The first-order valence-electron chi connectivity index (χ1n) is 8.26. The van der Waals surface area contributed by atoms with E-state index in [1.54, 1.807) is 13.0 Å². The van der Waals surface area contributed by atoms with Gasteiger partial charge in [-0.15, -0.1) is 0 Å². The lowest BCUT2D eigenvalue weighted by molar-refractivity contribution is -0.137.